The van der Waals surface area contributed by atoms with Crippen molar-refractivity contribution in [3.63, 3.8) is 0 Å². The number of benzene rings is 2. The summed E-state index contributed by atoms with van der Waals surface area (Å²) < 4.78 is 13.4. The first-order valence-corrected chi connectivity index (χ1v) is 7.76. The van der Waals surface area contributed by atoms with Gasteiger partial charge in [0, 0.05) is 17.0 Å². The van der Waals surface area contributed by atoms with Gasteiger partial charge in [0.15, 0.2) is 0 Å². The van der Waals surface area contributed by atoms with Crippen molar-refractivity contribution in [3.8, 4) is 0 Å². The number of halogens is 2. The zero-order valence-corrected chi connectivity index (χ0v) is 12.8. The van der Waals surface area contributed by atoms with Crippen LogP contribution in [-0.2, 0) is 12.8 Å². The van der Waals surface area contributed by atoms with Crippen LogP contribution in [0.4, 0.5) is 4.39 Å². The van der Waals surface area contributed by atoms with Gasteiger partial charge in [-0.3, -0.25) is 0 Å². The summed E-state index contributed by atoms with van der Waals surface area (Å²) in [5.74, 6) is 0.238. The minimum absolute atomic E-state index is 0.226. The largest absolute Gasteiger partial charge is 0.316 e. The molecule has 0 fully saturated rings. The Morgan fingerprint density at radius 1 is 1.29 bits per heavy atom. The lowest BCUT2D eigenvalue weighted by molar-refractivity contribution is 0.455. The molecular formula is C18H19ClFN. The van der Waals surface area contributed by atoms with Gasteiger partial charge in [0.1, 0.15) is 5.82 Å². The molecule has 110 valence electrons. The molecule has 1 aliphatic rings. The van der Waals surface area contributed by atoms with E-state index in [-0.39, 0.29) is 11.9 Å². The minimum Gasteiger partial charge on any atom is -0.316 e. The highest BCUT2D eigenvalue weighted by molar-refractivity contribution is 6.31. The molecule has 2 unspecified atom stereocenters. The highest BCUT2D eigenvalue weighted by Crippen LogP contribution is 2.36. The van der Waals surface area contributed by atoms with Crippen molar-refractivity contribution in [1.29, 1.82) is 0 Å². The molecule has 2 atom stereocenters. The van der Waals surface area contributed by atoms with Crippen molar-refractivity contribution >= 4 is 11.6 Å². The third-order valence-electron chi connectivity index (χ3n) is 4.48. The lowest BCUT2D eigenvalue weighted by atomic mass is 9.89. The summed E-state index contributed by atoms with van der Waals surface area (Å²) >= 11 is 6.21. The molecule has 0 heterocycles. The molecule has 0 aromatic heterocycles. The van der Waals surface area contributed by atoms with E-state index in [9.17, 15) is 4.39 Å². The van der Waals surface area contributed by atoms with Crippen LogP contribution in [0, 0.1) is 5.82 Å². The number of hydrogen-bond donors (Lipinski definition) is 1. The molecule has 1 N–H and O–H groups in total. The second kappa shape index (κ2) is 6.17. The molecule has 0 saturated heterocycles. The van der Waals surface area contributed by atoms with Crippen molar-refractivity contribution in [2.75, 3.05) is 7.05 Å². The topological polar surface area (TPSA) is 12.0 Å². The highest BCUT2D eigenvalue weighted by Gasteiger charge is 2.29. The Kier molecular flexibility index (Phi) is 4.27. The summed E-state index contributed by atoms with van der Waals surface area (Å²) in [6.45, 7) is 0. The second-order valence-electron chi connectivity index (χ2n) is 5.68. The van der Waals surface area contributed by atoms with Crippen molar-refractivity contribution in [3.05, 3.63) is 70.0 Å². The van der Waals surface area contributed by atoms with Crippen LogP contribution in [0.25, 0.3) is 0 Å². The van der Waals surface area contributed by atoms with Gasteiger partial charge in [-0.1, -0.05) is 35.9 Å². The van der Waals surface area contributed by atoms with Crippen LogP contribution in [0.3, 0.4) is 0 Å². The van der Waals surface area contributed by atoms with Crippen molar-refractivity contribution in [2.45, 2.75) is 31.2 Å². The van der Waals surface area contributed by atoms with Gasteiger partial charge >= 0.3 is 0 Å². The average molecular weight is 304 g/mol. The summed E-state index contributed by atoms with van der Waals surface area (Å²) in [5, 5.41) is 4.04. The molecule has 0 amide bonds. The Balaban J connectivity index is 1.85. The van der Waals surface area contributed by atoms with Crippen LogP contribution in [-0.4, -0.2) is 13.1 Å². The quantitative estimate of drug-likeness (QED) is 0.886. The number of rotatable bonds is 4. The zero-order chi connectivity index (χ0) is 14.8. The number of likely N-dealkylation sites (N-methyl/N-ethyl adjacent to an activating group) is 1. The van der Waals surface area contributed by atoms with Crippen LogP contribution < -0.4 is 5.32 Å². The van der Waals surface area contributed by atoms with Gasteiger partial charge in [0.25, 0.3) is 0 Å². The summed E-state index contributed by atoms with van der Waals surface area (Å²) in [6.07, 6.45) is 3.00. The van der Waals surface area contributed by atoms with E-state index in [1.807, 2.05) is 7.05 Å². The molecule has 0 aliphatic heterocycles. The number of fused-ring (bicyclic) bond motifs is 1. The number of nitrogens with one attached hydrogen (secondary N) is 1. The molecule has 0 saturated carbocycles. The first-order chi connectivity index (χ1) is 10.2. The molecular weight excluding hydrogens is 285 g/mol. The fraction of sp³-hybridized carbons (Fsp3) is 0.333. The smallest absolute Gasteiger partial charge is 0.123 e. The Bertz CT molecular complexity index is 641. The van der Waals surface area contributed by atoms with Gasteiger partial charge in [-0.05, 0) is 61.2 Å². The Morgan fingerprint density at radius 3 is 2.90 bits per heavy atom. The van der Waals surface area contributed by atoms with Gasteiger partial charge in [0.2, 0.25) is 0 Å². The minimum atomic E-state index is -0.226. The first-order valence-electron chi connectivity index (χ1n) is 7.38. The van der Waals surface area contributed by atoms with Gasteiger partial charge in [-0.25, -0.2) is 4.39 Å². The van der Waals surface area contributed by atoms with E-state index in [1.165, 1.54) is 17.2 Å². The predicted molar refractivity (Wildman–Crippen MR) is 85.5 cm³/mol. The van der Waals surface area contributed by atoms with Crippen molar-refractivity contribution in [1.82, 2.24) is 5.32 Å². The van der Waals surface area contributed by atoms with Crippen LogP contribution in [0.2, 0.25) is 5.02 Å². The Hall–Kier alpha value is -1.38. The van der Waals surface area contributed by atoms with Gasteiger partial charge < -0.3 is 5.32 Å². The SMILES string of the molecule is CNC(Cc1cc(F)ccc1Cl)C1CCc2ccccc21. The van der Waals surface area contributed by atoms with E-state index in [4.69, 9.17) is 11.6 Å². The van der Waals surface area contributed by atoms with E-state index < -0.39 is 0 Å². The maximum atomic E-state index is 13.4. The molecule has 21 heavy (non-hydrogen) atoms. The van der Waals surface area contributed by atoms with Gasteiger partial charge in [0.05, 0.1) is 0 Å². The van der Waals surface area contributed by atoms with Gasteiger partial charge in [-0.2, -0.15) is 0 Å². The van der Waals surface area contributed by atoms with Crippen LogP contribution >= 0.6 is 11.6 Å². The van der Waals surface area contributed by atoms with Crippen LogP contribution in [0.15, 0.2) is 42.5 Å². The lowest BCUT2D eigenvalue weighted by Crippen LogP contribution is -2.33. The summed E-state index contributed by atoms with van der Waals surface area (Å²) in [5.41, 5.74) is 3.73. The van der Waals surface area contributed by atoms with Crippen LogP contribution in [0.1, 0.15) is 29.0 Å². The third-order valence-corrected chi connectivity index (χ3v) is 4.85. The summed E-state index contributed by atoms with van der Waals surface area (Å²) in [6, 6.07) is 13.5. The third kappa shape index (κ3) is 2.97. The second-order valence-corrected chi connectivity index (χ2v) is 6.09. The standard InChI is InChI=1S/C18H19ClFN/c1-21-18(11-13-10-14(20)7-9-17(13)19)16-8-6-12-4-2-3-5-15(12)16/h2-5,7,9-10,16,18,21H,6,8,11H2,1H3. The molecule has 0 radical (unpaired) electrons. The van der Waals surface area contributed by atoms with Crippen molar-refractivity contribution in [2.24, 2.45) is 0 Å². The molecule has 3 rings (SSSR count). The number of hydrogen-bond acceptors (Lipinski definition) is 1. The maximum absolute atomic E-state index is 13.4. The molecule has 2 aromatic rings. The van der Waals surface area contributed by atoms with Crippen molar-refractivity contribution < 1.29 is 4.39 Å². The molecule has 1 aliphatic carbocycles. The number of aryl methyl sites for hydroxylation is 1. The molecule has 1 nitrogen and oxygen atoms in total. The predicted octanol–water partition coefficient (Wildman–Crippen LogP) is 4.34. The highest BCUT2D eigenvalue weighted by atomic mass is 35.5. The Labute approximate surface area is 130 Å². The molecule has 2 aromatic carbocycles. The first kappa shape index (κ1) is 14.6. The molecule has 0 bridgehead atoms. The van der Waals surface area contributed by atoms with Gasteiger partial charge in [-0.15, -0.1) is 0 Å². The van der Waals surface area contributed by atoms with E-state index >= 15 is 0 Å². The maximum Gasteiger partial charge on any atom is 0.123 e. The van der Waals surface area contributed by atoms with E-state index in [0.717, 1.165) is 24.8 Å². The van der Waals surface area contributed by atoms with E-state index in [0.29, 0.717) is 10.9 Å². The zero-order valence-electron chi connectivity index (χ0n) is 12.1. The molecule has 0 spiro atoms. The fourth-order valence-electron chi connectivity index (χ4n) is 3.39. The fourth-order valence-corrected chi connectivity index (χ4v) is 3.58. The average Bonchev–Trinajstić information content (AvgIpc) is 2.92. The monoisotopic (exact) mass is 303 g/mol. The summed E-state index contributed by atoms with van der Waals surface area (Å²) in [4.78, 5) is 0. The van der Waals surface area contributed by atoms with Crippen LogP contribution in [0.5, 0.6) is 0 Å². The van der Waals surface area contributed by atoms with E-state index in [2.05, 4.69) is 29.6 Å². The lowest BCUT2D eigenvalue weighted by Gasteiger charge is -2.24. The van der Waals surface area contributed by atoms with E-state index in [1.54, 1.807) is 12.1 Å². The summed E-state index contributed by atoms with van der Waals surface area (Å²) in [7, 11) is 1.97. The normalized spacial score (nSPS) is 18.5. The Morgan fingerprint density at radius 2 is 2.10 bits per heavy atom. The molecule has 3 heteroatoms.